The summed E-state index contributed by atoms with van der Waals surface area (Å²) in [6.07, 6.45) is 10.3. The molecule has 1 fully saturated rings. The van der Waals surface area contributed by atoms with Crippen LogP contribution in [0.2, 0.25) is 0 Å². The average Bonchev–Trinajstić information content (AvgIpc) is 2.59. The number of hydrogen-bond donors (Lipinski definition) is 1. The minimum absolute atomic E-state index is 0.379. The maximum absolute atomic E-state index is 6.04. The van der Waals surface area contributed by atoms with Gasteiger partial charge in [0.15, 0.2) is 0 Å². The lowest BCUT2D eigenvalue weighted by Crippen LogP contribution is -2.26. The zero-order chi connectivity index (χ0) is 10.1. The third kappa shape index (κ3) is 1.57. The summed E-state index contributed by atoms with van der Waals surface area (Å²) in [6.45, 7) is 6.24. The molecular weight excluding hydrogens is 170 g/mol. The molecule has 0 aromatic carbocycles. The maximum Gasteiger partial charge on any atom is 0.0108 e. The molecule has 2 rings (SSSR count). The normalized spacial score (nSPS) is 35.3. The first-order valence-corrected chi connectivity index (χ1v) is 5.56. The lowest BCUT2D eigenvalue weighted by atomic mass is 9.85. The summed E-state index contributed by atoms with van der Waals surface area (Å²) >= 11 is 0. The SMILES string of the molecule is C=C(CC)C1=CC2CC[C@H](N)C2C=C1. The van der Waals surface area contributed by atoms with E-state index in [1.165, 1.54) is 24.0 Å². The minimum Gasteiger partial charge on any atom is -0.327 e. The van der Waals surface area contributed by atoms with E-state index >= 15 is 0 Å². The average molecular weight is 189 g/mol. The van der Waals surface area contributed by atoms with E-state index in [-0.39, 0.29) is 0 Å². The lowest BCUT2D eigenvalue weighted by Gasteiger charge is -2.22. The van der Waals surface area contributed by atoms with E-state index < -0.39 is 0 Å². The van der Waals surface area contributed by atoms with Crippen LogP contribution >= 0.6 is 0 Å². The number of fused-ring (bicyclic) bond motifs is 1. The summed E-state index contributed by atoms with van der Waals surface area (Å²) in [7, 11) is 0. The molecule has 2 N–H and O–H groups in total. The van der Waals surface area contributed by atoms with Crippen LogP contribution in [0.25, 0.3) is 0 Å². The first-order valence-electron chi connectivity index (χ1n) is 5.56. The Morgan fingerprint density at radius 2 is 2.36 bits per heavy atom. The predicted octanol–water partition coefficient (Wildman–Crippen LogP) is 2.80. The van der Waals surface area contributed by atoms with Crippen LogP contribution in [0.4, 0.5) is 0 Å². The molecule has 76 valence electrons. The summed E-state index contributed by atoms with van der Waals surface area (Å²) in [5, 5.41) is 0. The van der Waals surface area contributed by atoms with Gasteiger partial charge in [-0.3, -0.25) is 0 Å². The largest absolute Gasteiger partial charge is 0.327 e. The Hall–Kier alpha value is -0.820. The molecule has 0 radical (unpaired) electrons. The van der Waals surface area contributed by atoms with Gasteiger partial charge in [-0.2, -0.15) is 0 Å². The lowest BCUT2D eigenvalue weighted by molar-refractivity contribution is 0.502. The highest BCUT2D eigenvalue weighted by Gasteiger charge is 2.32. The van der Waals surface area contributed by atoms with Crippen LogP contribution in [0.15, 0.2) is 36.0 Å². The second-order valence-electron chi connectivity index (χ2n) is 4.42. The molecule has 2 unspecified atom stereocenters. The van der Waals surface area contributed by atoms with Crippen molar-refractivity contribution in [1.82, 2.24) is 0 Å². The standard InChI is InChI=1S/C13H19N/c1-3-9(2)10-4-6-12-11(8-10)5-7-13(12)14/h4,6,8,11-13H,2-3,5,7,14H2,1H3/t11?,12?,13-/m0/s1. The van der Waals surface area contributed by atoms with Gasteiger partial charge in [-0.15, -0.1) is 0 Å². The van der Waals surface area contributed by atoms with Crippen molar-refractivity contribution in [2.24, 2.45) is 17.6 Å². The highest BCUT2D eigenvalue weighted by atomic mass is 14.7. The fraction of sp³-hybridized carbons (Fsp3) is 0.538. The van der Waals surface area contributed by atoms with E-state index in [4.69, 9.17) is 5.73 Å². The van der Waals surface area contributed by atoms with Gasteiger partial charge in [0.05, 0.1) is 0 Å². The van der Waals surface area contributed by atoms with Crippen LogP contribution in [0.1, 0.15) is 26.2 Å². The molecular formula is C13H19N. The van der Waals surface area contributed by atoms with Crippen molar-refractivity contribution in [2.75, 3.05) is 0 Å². The number of allylic oxidation sites excluding steroid dienone is 4. The molecule has 2 aliphatic carbocycles. The van der Waals surface area contributed by atoms with Crippen molar-refractivity contribution in [2.45, 2.75) is 32.2 Å². The van der Waals surface area contributed by atoms with Crippen LogP contribution in [0.5, 0.6) is 0 Å². The van der Waals surface area contributed by atoms with Gasteiger partial charge in [0.1, 0.15) is 0 Å². The van der Waals surface area contributed by atoms with Crippen molar-refractivity contribution in [3.05, 3.63) is 36.0 Å². The van der Waals surface area contributed by atoms with Gasteiger partial charge in [0.25, 0.3) is 0 Å². The Morgan fingerprint density at radius 3 is 3.07 bits per heavy atom. The molecule has 0 amide bonds. The molecule has 3 atom stereocenters. The quantitative estimate of drug-likeness (QED) is 0.710. The third-order valence-corrected chi connectivity index (χ3v) is 3.55. The van der Waals surface area contributed by atoms with Crippen LogP contribution < -0.4 is 5.73 Å². The monoisotopic (exact) mass is 189 g/mol. The highest BCUT2D eigenvalue weighted by molar-refractivity contribution is 5.41. The van der Waals surface area contributed by atoms with Crippen LogP contribution in [0.3, 0.4) is 0 Å². The topological polar surface area (TPSA) is 26.0 Å². The number of rotatable bonds is 2. The van der Waals surface area contributed by atoms with Gasteiger partial charge < -0.3 is 5.73 Å². The maximum atomic E-state index is 6.04. The van der Waals surface area contributed by atoms with Gasteiger partial charge in [-0.25, -0.2) is 0 Å². The molecule has 0 aromatic heterocycles. The molecule has 2 aliphatic rings. The molecule has 1 nitrogen and oxygen atoms in total. The van der Waals surface area contributed by atoms with Gasteiger partial charge in [-0.05, 0) is 42.2 Å². The van der Waals surface area contributed by atoms with Gasteiger partial charge >= 0.3 is 0 Å². The number of hydrogen-bond acceptors (Lipinski definition) is 1. The first kappa shape index (κ1) is 9.72. The van der Waals surface area contributed by atoms with E-state index in [0.717, 1.165) is 6.42 Å². The predicted molar refractivity (Wildman–Crippen MR) is 60.8 cm³/mol. The molecule has 0 aliphatic heterocycles. The van der Waals surface area contributed by atoms with Crippen LogP contribution in [0, 0.1) is 11.8 Å². The van der Waals surface area contributed by atoms with E-state index in [1.54, 1.807) is 0 Å². The molecule has 0 aromatic rings. The van der Waals surface area contributed by atoms with Gasteiger partial charge in [0, 0.05) is 6.04 Å². The van der Waals surface area contributed by atoms with E-state index in [9.17, 15) is 0 Å². The zero-order valence-corrected chi connectivity index (χ0v) is 8.87. The van der Waals surface area contributed by atoms with Gasteiger partial charge in [-0.1, -0.05) is 31.7 Å². The van der Waals surface area contributed by atoms with Crippen molar-refractivity contribution < 1.29 is 0 Å². The van der Waals surface area contributed by atoms with Crippen molar-refractivity contribution in [1.29, 1.82) is 0 Å². The van der Waals surface area contributed by atoms with Crippen molar-refractivity contribution in [3.63, 3.8) is 0 Å². The van der Waals surface area contributed by atoms with Gasteiger partial charge in [0.2, 0.25) is 0 Å². The molecule has 0 saturated heterocycles. The van der Waals surface area contributed by atoms with Crippen molar-refractivity contribution >= 4 is 0 Å². The van der Waals surface area contributed by atoms with E-state index in [1.807, 2.05) is 0 Å². The molecule has 14 heavy (non-hydrogen) atoms. The Balaban J connectivity index is 2.16. The summed E-state index contributed by atoms with van der Waals surface area (Å²) in [5.41, 5.74) is 8.63. The van der Waals surface area contributed by atoms with E-state index in [2.05, 4.69) is 31.7 Å². The third-order valence-electron chi connectivity index (χ3n) is 3.55. The Bertz CT molecular complexity index is 298. The second-order valence-corrected chi connectivity index (χ2v) is 4.42. The molecule has 1 heteroatoms. The van der Waals surface area contributed by atoms with Crippen LogP contribution in [-0.2, 0) is 0 Å². The fourth-order valence-electron chi connectivity index (χ4n) is 2.51. The summed E-state index contributed by atoms with van der Waals surface area (Å²) in [4.78, 5) is 0. The molecule has 0 heterocycles. The molecule has 0 spiro atoms. The Kier molecular flexibility index (Phi) is 2.60. The summed E-state index contributed by atoms with van der Waals surface area (Å²) in [5.74, 6) is 1.26. The first-order chi connectivity index (χ1) is 6.72. The minimum atomic E-state index is 0.379. The molecule has 0 bridgehead atoms. The van der Waals surface area contributed by atoms with Crippen LogP contribution in [-0.4, -0.2) is 6.04 Å². The second kappa shape index (κ2) is 3.74. The Morgan fingerprint density at radius 1 is 1.57 bits per heavy atom. The smallest absolute Gasteiger partial charge is 0.0108 e. The number of nitrogens with two attached hydrogens (primary N) is 1. The van der Waals surface area contributed by atoms with Crippen molar-refractivity contribution in [3.8, 4) is 0 Å². The summed E-state index contributed by atoms with van der Waals surface area (Å²) in [6, 6.07) is 0.379. The van der Waals surface area contributed by atoms with E-state index in [0.29, 0.717) is 17.9 Å². The molecule has 1 saturated carbocycles. The zero-order valence-electron chi connectivity index (χ0n) is 8.87. The fourth-order valence-corrected chi connectivity index (χ4v) is 2.51. The Labute approximate surface area is 86.4 Å². The highest BCUT2D eigenvalue weighted by Crippen LogP contribution is 2.37. The summed E-state index contributed by atoms with van der Waals surface area (Å²) < 4.78 is 0.